The number of fused-ring (bicyclic) bond motifs is 1. The highest BCUT2D eigenvalue weighted by atomic mass is 32.5. The Morgan fingerprint density at radius 3 is 2.36 bits per heavy atom. The molecule has 152 valence electrons. The molecule has 2 aromatic carbocycles. The minimum atomic E-state index is -9.67. The molecule has 0 saturated carbocycles. The van der Waals surface area contributed by atoms with Gasteiger partial charge in [0.15, 0.2) is 0 Å². The summed E-state index contributed by atoms with van der Waals surface area (Å²) in [7, 11) is -9.67. The lowest BCUT2D eigenvalue weighted by Crippen LogP contribution is -2.06. The Labute approximate surface area is 157 Å². The molecule has 0 aliphatic heterocycles. The molecule has 0 spiro atoms. The number of aromatic nitrogens is 1. The molecule has 0 unspecified atom stereocenters. The lowest BCUT2D eigenvalue weighted by Gasteiger charge is -2.40. The number of nitrogens with one attached hydrogen (secondary N) is 2. The second-order valence-corrected chi connectivity index (χ2v) is 8.71. The molecular formula is C18H17F5N2O2S. The molecule has 0 fully saturated rings. The first kappa shape index (κ1) is 20.0. The summed E-state index contributed by atoms with van der Waals surface area (Å²) in [4.78, 5) is 12.3. The third-order valence-electron chi connectivity index (χ3n) is 3.99. The molecule has 0 aliphatic carbocycles. The Balaban J connectivity index is 1.66. The van der Waals surface area contributed by atoms with Gasteiger partial charge in [-0.2, -0.15) is 0 Å². The van der Waals surface area contributed by atoms with E-state index in [1.54, 1.807) is 6.20 Å². The Morgan fingerprint density at radius 2 is 1.75 bits per heavy atom. The number of hydrogen-bond donors (Lipinski definition) is 2. The zero-order chi connectivity index (χ0) is 20.6. The van der Waals surface area contributed by atoms with Crippen molar-refractivity contribution < 1.29 is 29.0 Å². The molecule has 0 bridgehead atoms. The number of anilines is 1. The number of aromatic amines is 1. The van der Waals surface area contributed by atoms with Gasteiger partial charge in [0.05, 0.1) is 12.3 Å². The van der Waals surface area contributed by atoms with Gasteiger partial charge in [-0.05, 0) is 42.0 Å². The van der Waals surface area contributed by atoms with Crippen LogP contribution in [0.4, 0.5) is 25.1 Å². The van der Waals surface area contributed by atoms with Crippen LogP contribution >= 0.6 is 10.2 Å². The number of ether oxygens (including phenoxy) is 1. The quantitative estimate of drug-likeness (QED) is 0.453. The van der Waals surface area contributed by atoms with Crippen molar-refractivity contribution in [2.75, 3.05) is 11.9 Å². The van der Waals surface area contributed by atoms with Gasteiger partial charge in [-0.1, -0.05) is 25.5 Å². The van der Waals surface area contributed by atoms with Crippen LogP contribution in [0.3, 0.4) is 0 Å². The molecule has 1 amide bonds. The van der Waals surface area contributed by atoms with Gasteiger partial charge in [0.1, 0.15) is 10.6 Å². The van der Waals surface area contributed by atoms with E-state index in [0.717, 1.165) is 28.6 Å². The van der Waals surface area contributed by atoms with Gasteiger partial charge in [-0.15, -0.1) is 0 Å². The molecule has 0 aliphatic rings. The summed E-state index contributed by atoms with van der Waals surface area (Å²) in [5.74, 6) is -0.142. The largest absolute Gasteiger partial charge is 0.493 e. The van der Waals surface area contributed by atoms with Gasteiger partial charge in [0, 0.05) is 30.4 Å². The normalized spacial score (nSPS) is 14.4. The van der Waals surface area contributed by atoms with Gasteiger partial charge >= 0.3 is 10.2 Å². The maximum atomic E-state index is 12.7. The van der Waals surface area contributed by atoms with E-state index >= 15 is 0 Å². The highest BCUT2D eigenvalue weighted by Gasteiger charge is 2.65. The minimum absolute atomic E-state index is 0.0623. The second kappa shape index (κ2) is 6.13. The average Bonchev–Trinajstić information content (AvgIpc) is 2.95. The Bertz CT molecular complexity index is 1030. The number of amides is 1. The summed E-state index contributed by atoms with van der Waals surface area (Å²) >= 11 is 0. The molecule has 2 N–H and O–H groups in total. The summed E-state index contributed by atoms with van der Waals surface area (Å²) in [6.07, 6.45) is 2.11. The molecule has 1 aromatic heterocycles. The second-order valence-electron chi connectivity index (χ2n) is 6.30. The SMILES string of the molecule is CC(=O)Nc1c[nH]c2ccc(CCOc3ccc(S(F)(F)(F)(F)F)cc3)cc12. The van der Waals surface area contributed by atoms with Gasteiger partial charge < -0.3 is 15.0 Å². The molecule has 10 heteroatoms. The van der Waals surface area contributed by atoms with Gasteiger partial charge in [0.2, 0.25) is 5.91 Å². The van der Waals surface area contributed by atoms with Crippen molar-refractivity contribution in [2.45, 2.75) is 18.2 Å². The van der Waals surface area contributed by atoms with E-state index < -0.39 is 15.1 Å². The molecule has 3 rings (SSSR count). The van der Waals surface area contributed by atoms with Crippen LogP contribution in [0.5, 0.6) is 5.75 Å². The van der Waals surface area contributed by atoms with Crippen molar-refractivity contribution in [3.63, 3.8) is 0 Å². The zero-order valence-corrected chi connectivity index (χ0v) is 15.5. The average molecular weight is 420 g/mol. The standard InChI is InChI=1S/C18H17F5N2O2S/c1-12(26)25-18-11-24-17-7-2-13(10-16(17)18)8-9-27-14-3-5-15(6-4-14)28(19,20,21,22)23/h2-7,10-11,24H,8-9H2,1H3,(H,25,26). The van der Waals surface area contributed by atoms with E-state index in [1.807, 2.05) is 18.2 Å². The van der Waals surface area contributed by atoms with Crippen molar-refractivity contribution in [3.8, 4) is 5.75 Å². The molecule has 3 aromatic rings. The van der Waals surface area contributed by atoms with Gasteiger partial charge in [-0.25, -0.2) is 0 Å². The number of carbonyl (C=O) groups is 1. The lowest BCUT2D eigenvalue weighted by molar-refractivity contribution is -0.114. The first-order valence-electron chi connectivity index (χ1n) is 8.16. The number of rotatable bonds is 6. The number of carbonyl (C=O) groups excluding carboxylic acids is 1. The summed E-state index contributed by atoms with van der Waals surface area (Å²) in [5, 5.41) is 3.52. The van der Waals surface area contributed by atoms with E-state index in [4.69, 9.17) is 4.74 Å². The molecule has 1 heterocycles. The Morgan fingerprint density at radius 1 is 1.07 bits per heavy atom. The van der Waals surface area contributed by atoms with Crippen LogP contribution in [-0.4, -0.2) is 17.5 Å². The zero-order valence-electron chi connectivity index (χ0n) is 14.6. The smallest absolute Gasteiger partial charge is 0.310 e. The molecule has 0 saturated heterocycles. The predicted molar refractivity (Wildman–Crippen MR) is 99.6 cm³/mol. The maximum absolute atomic E-state index is 12.7. The van der Waals surface area contributed by atoms with E-state index in [1.165, 1.54) is 6.92 Å². The van der Waals surface area contributed by atoms with Crippen LogP contribution in [0.15, 0.2) is 53.6 Å². The summed E-state index contributed by atoms with van der Waals surface area (Å²) < 4.78 is 68.8. The molecule has 0 radical (unpaired) electrons. The molecular weight excluding hydrogens is 403 g/mol. The highest BCUT2D eigenvalue weighted by molar-refractivity contribution is 8.45. The molecule has 4 nitrogen and oxygen atoms in total. The van der Waals surface area contributed by atoms with Crippen LogP contribution < -0.4 is 10.1 Å². The van der Waals surface area contributed by atoms with E-state index in [-0.39, 0.29) is 18.3 Å². The van der Waals surface area contributed by atoms with Crippen LogP contribution in [0.25, 0.3) is 10.9 Å². The highest BCUT2D eigenvalue weighted by Crippen LogP contribution is 3.02. The molecule has 0 atom stereocenters. The minimum Gasteiger partial charge on any atom is -0.493 e. The number of halogens is 5. The first-order chi connectivity index (χ1) is 12.8. The fourth-order valence-electron chi connectivity index (χ4n) is 2.70. The lowest BCUT2D eigenvalue weighted by atomic mass is 10.1. The van der Waals surface area contributed by atoms with Crippen molar-refractivity contribution in [3.05, 3.63) is 54.2 Å². The number of H-pyrrole nitrogens is 1. The number of hydrogen-bond acceptors (Lipinski definition) is 2. The third kappa shape index (κ3) is 4.75. The van der Waals surface area contributed by atoms with Crippen LogP contribution in [0.1, 0.15) is 12.5 Å². The Kier molecular flexibility index (Phi) is 4.38. The number of benzene rings is 2. The summed E-state index contributed by atoms with van der Waals surface area (Å²) in [6, 6.07) is 7.92. The predicted octanol–water partition coefficient (Wildman–Crippen LogP) is 6.41. The summed E-state index contributed by atoms with van der Waals surface area (Å²) in [5.41, 5.74) is 2.35. The van der Waals surface area contributed by atoms with E-state index in [0.29, 0.717) is 24.2 Å². The van der Waals surface area contributed by atoms with E-state index in [2.05, 4.69) is 10.3 Å². The molecule has 28 heavy (non-hydrogen) atoms. The topological polar surface area (TPSA) is 54.1 Å². The third-order valence-corrected chi connectivity index (χ3v) is 5.15. The fourth-order valence-corrected chi connectivity index (χ4v) is 3.35. The van der Waals surface area contributed by atoms with Crippen molar-refractivity contribution in [2.24, 2.45) is 0 Å². The van der Waals surface area contributed by atoms with E-state index in [9.17, 15) is 24.2 Å². The van der Waals surface area contributed by atoms with Gasteiger partial charge in [-0.3, -0.25) is 4.79 Å². The summed E-state index contributed by atoms with van der Waals surface area (Å²) in [6.45, 7) is 1.54. The van der Waals surface area contributed by atoms with Crippen LogP contribution in [0, 0.1) is 0 Å². The van der Waals surface area contributed by atoms with Crippen molar-refractivity contribution in [1.82, 2.24) is 4.98 Å². The van der Waals surface area contributed by atoms with Crippen molar-refractivity contribution >= 4 is 32.7 Å². The monoisotopic (exact) mass is 420 g/mol. The van der Waals surface area contributed by atoms with Crippen LogP contribution in [-0.2, 0) is 11.2 Å². The maximum Gasteiger partial charge on any atom is 0.310 e. The van der Waals surface area contributed by atoms with Gasteiger partial charge in [0.25, 0.3) is 0 Å². The Hall–Kier alpha value is -2.75. The fraction of sp³-hybridized carbons (Fsp3) is 0.167. The first-order valence-corrected chi connectivity index (χ1v) is 10.1. The van der Waals surface area contributed by atoms with Crippen LogP contribution in [0.2, 0.25) is 0 Å². The van der Waals surface area contributed by atoms with Crippen molar-refractivity contribution in [1.29, 1.82) is 0 Å².